The molecule has 2 N–H and O–H groups in total. The Kier molecular flexibility index (Phi) is 2.78. The highest BCUT2D eigenvalue weighted by Gasteiger charge is 2.31. The van der Waals surface area contributed by atoms with Crippen LogP contribution in [-0.2, 0) is 0 Å². The summed E-state index contributed by atoms with van der Waals surface area (Å²) in [4.78, 5) is 4.17. The van der Waals surface area contributed by atoms with E-state index in [-0.39, 0.29) is 6.04 Å². The van der Waals surface area contributed by atoms with Crippen LogP contribution < -0.4 is 5.32 Å². The lowest BCUT2D eigenvalue weighted by atomic mass is 9.92. The molecule has 0 bridgehead atoms. The predicted octanol–water partition coefficient (Wildman–Crippen LogP) is 2.03. The molecule has 4 nitrogen and oxygen atoms in total. The van der Waals surface area contributed by atoms with Crippen molar-refractivity contribution in [3.63, 3.8) is 0 Å². The maximum Gasteiger partial charge on any atom is 0.141 e. The van der Waals surface area contributed by atoms with E-state index in [1.165, 1.54) is 19.3 Å². The Labute approximate surface area is 90.9 Å². The average Bonchev–Trinajstić information content (AvgIpc) is 2.74. The Bertz CT molecular complexity index is 304. The lowest BCUT2D eigenvalue weighted by molar-refractivity contribution is 0.354. The van der Waals surface area contributed by atoms with E-state index in [1.807, 2.05) is 0 Å². The van der Waals surface area contributed by atoms with Crippen LogP contribution in [0.3, 0.4) is 0 Å². The van der Waals surface area contributed by atoms with Crippen molar-refractivity contribution in [2.24, 2.45) is 5.41 Å². The van der Waals surface area contributed by atoms with Gasteiger partial charge in [0.1, 0.15) is 12.2 Å². The van der Waals surface area contributed by atoms with Crippen LogP contribution in [0.5, 0.6) is 0 Å². The zero-order valence-electron chi connectivity index (χ0n) is 9.75. The fraction of sp³-hybridized carbons (Fsp3) is 0.818. The molecular formula is C11H20N4. The molecule has 1 saturated carbocycles. The molecule has 0 amide bonds. The molecule has 1 heterocycles. The van der Waals surface area contributed by atoms with Crippen LogP contribution in [0.2, 0.25) is 0 Å². The van der Waals surface area contributed by atoms with Crippen LogP contribution in [0.15, 0.2) is 6.33 Å². The Morgan fingerprint density at radius 2 is 2.40 bits per heavy atom. The first-order valence-electron chi connectivity index (χ1n) is 5.68. The molecule has 1 aromatic rings. The van der Waals surface area contributed by atoms with Gasteiger partial charge in [0.2, 0.25) is 0 Å². The molecule has 84 valence electrons. The summed E-state index contributed by atoms with van der Waals surface area (Å²) in [6.07, 6.45) is 5.40. The first-order valence-corrected chi connectivity index (χ1v) is 5.68. The summed E-state index contributed by atoms with van der Waals surface area (Å²) < 4.78 is 0. The molecule has 0 saturated heterocycles. The van der Waals surface area contributed by atoms with Gasteiger partial charge in [-0.15, -0.1) is 0 Å². The van der Waals surface area contributed by atoms with Crippen LogP contribution >= 0.6 is 0 Å². The van der Waals surface area contributed by atoms with Gasteiger partial charge in [-0.1, -0.05) is 13.8 Å². The Balaban J connectivity index is 1.88. The highest BCUT2D eigenvalue weighted by Crippen LogP contribution is 2.37. The van der Waals surface area contributed by atoms with Gasteiger partial charge in [-0.3, -0.25) is 5.10 Å². The molecule has 0 radical (unpaired) electrons. The fourth-order valence-electron chi connectivity index (χ4n) is 2.43. The van der Waals surface area contributed by atoms with Crippen LogP contribution in [0, 0.1) is 5.41 Å². The Hall–Kier alpha value is -0.900. The monoisotopic (exact) mass is 208 g/mol. The van der Waals surface area contributed by atoms with Crippen molar-refractivity contribution in [2.75, 3.05) is 0 Å². The van der Waals surface area contributed by atoms with Crippen molar-refractivity contribution in [3.8, 4) is 0 Å². The zero-order valence-corrected chi connectivity index (χ0v) is 9.75. The van der Waals surface area contributed by atoms with Crippen LogP contribution in [-0.4, -0.2) is 21.2 Å². The van der Waals surface area contributed by atoms with Gasteiger partial charge in [0, 0.05) is 6.04 Å². The lowest BCUT2D eigenvalue weighted by Crippen LogP contribution is -2.30. The van der Waals surface area contributed by atoms with Crippen LogP contribution in [0.25, 0.3) is 0 Å². The van der Waals surface area contributed by atoms with E-state index in [1.54, 1.807) is 6.33 Å². The van der Waals surface area contributed by atoms with Gasteiger partial charge < -0.3 is 5.32 Å². The van der Waals surface area contributed by atoms with Gasteiger partial charge in [-0.25, -0.2) is 4.98 Å². The molecule has 2 rings (SSSR count). The average molecular weight is 208 g/mol. The highest BCUT2D eigenvalue weighted by molar-refractivity contribution is 4.93. The summed E-state index contributed by atoms with van der Waals surface area (Å²) in [7, 11) is 0. The number of hydrogen-bond donors (Lipinski definition) is 2. The second-order valence-electron chi connectivity index (χ2n) is 5.36. The topological polar surface area (TPSA) is 53.6 Å². The second-order valence-corrected chi connectivity index (χ2v) is 5.36. The molecule has 4 heteroatoms. The third kappa shape index (κ3) is 2.56. The molecule has 0 aliphatic heterocycles. The largest absolute Gasteiger partial charge is 0.305 e. The third-order valence-corrected chi connectivity index (χ3v) is 3.30. The third-order valence-electron chi connectivity index (χ3n) is 3.30. The SMILES string of the molecule is CC(NC1CCC(C)(C)C1)c1ncn[nH]1. The van der Waals surface area contributed by atoms with E-state index >= 15 is 0 Å². The van der Waals surface area contributed by atoms with Crippen molar-refractivity contribution in [1.29, 1.82) is 0 Å². The van der Waals surface area contributed by atoms with Crippen molar-refractivity contribution in [1.82, 2.24) is 20.5 Å². The van der Waals surface area contributed by atoms with Crippen molar-refractivity contribution >= 4 is 0 Å². The highest BCUT2D eigenvalue weighted by atomic mass is 15.2. The van der Waals surface area contributed by atoms with Gasteiger partial charge in [-0.2, -0.15) is 5.10 Å². The van der Waals surface area contributed by atoms with Crippen LogP contribution in [0.4, 0.5) is 0 Å². The maximum atomic E-state index is 4.17. The quantitative estimate of drug-likeness (QED) is 0.799. The Morgan fingerprint density at radius 3 is 2.93 bits per heavy atom. The van der Waals surface area contributed by atoms with Crippen molar-refractivity contribution in [2.45, 2.75) is 52.1 Å². The first-order chi connectivity index (χ1) is 7.07. The van der Waals surface area contributed by atoms with E-state index in [4.69, 9.17) is 0 Å². The van der Waals surface area contributed by atoms with Gasteiger partial charge >= 0.3 is 0 Å². The van der Waals surface area contributed by atoms with Crippen molar-refractivity contribution in [3.05, 3.63) is 12.2 Å². The molecular weight excluding hydrogens is 188 g/mol. The van der Waals surface area contributed by atoms with E-state index in [0.717, 1.165) is 5.82 Å². The van der Waals surface area contributed by atoms with Gasteiger partial charge in [0.15, 0.2) is 0 Å². The fourth-order valence-corrected chi connectivity index (χ4v) is 2.43. The second kappa shape index (κ2) is 3.93. The summed E-state index contributed by atoms with van der Waals surface area (Å²) >= 11 is 0. The van der Waals surface area contributed by atoms with Gasteiger partial charge in [0.25, 0.3) is 0 Å². The van der Waals surface area contributed by atoms with E-state index in [0.29, 0.717) is 11.5 Å². The molecule has 2 unspecified atom stereocenters. The van der Waals surface area contributed by atoms with E-state index in [2.05, 4.69) is 41.3 Å². The minimum absolute atomic E-state index is 0.270. The minimum atomic E-state index is 0.270. The summed E-state index contributed by atoms with van der Waals surface area (Å²) in [6, 6.07) is 0.895. The molecule has 0 aromatic carbocycles. The summed E-state index contributed by atoms with van der Waals surface area (Å²) in [5.41, 5.74) is 0.499. The molecule has 15 heavy (non-hydrogen) atoms. The number of aromatic nitrogens is 3. The van der Waals surface area contributed by atoms with Crippen LogP contribution in [0.1, 0.15) is 51.9 Å². The predicted molar refractivity (Wildman–Crippen MR) is 59.4 cm³/mol. The summed E-state index contributed by atoms with van der Waals surface area (Å²) in [5.74, 6) is 0.930. The normalized spacial score (nSPS) is 26.7. The Morgan fingerprint density at radius 1 is 1.60 bits per heavy atom. The van der Waals surface area contributed by atoms with Gasteiger partial charge in [0.05, 0.1) is 6.04 Å². The molecule has 1 fully saturated rings. The number of hydrogen-bond acceptors (Lipinski definition) is 3. The van der Waals surface area contributed by atoms with Gasteiger partial charge in [-0.05, 0) is 31.6 Å². The molecule has 2 atom stereocenters. The zero-order chi connectivity index (χ0) is 10.9. The molecule has 1 aliphatic carbocycles. The summed E-state index contributed by atoms with van der Waals surface area (Å²) in [5, 5.41) is 10.4. The summed E-state index contributed by atoms with van der Waals surface area (Å²) in [6.45, 7) is 6.81. The molecule has 1 aliphatic rings. The standard InChI is InChI=1S/C11H20N4/c1-8(10-12-7-13-15-10)14-9-4-5-11(2,3)6-9/h7-9,14H,4-6H2,1-3H3,(H,12,13,15). The number of aromatic amines is 1. The minimum Gasteiger partial charge on any atom is -0.305 e. The number of H-pyrrole nitrogens is 1. The smallest absolute Gasteiger partial charge is 0.141 e. The molecule has 1 aromatic heterocycles. The maximum absolute atomic E-state index is 4.17. The van der Waals surface area contributed by atoms with E-state index < -0.39 is 0 Å². The number of nitrogens with one attached hydrogen (secondary N) is 2. The van der Waals surface area contributed by atoms with Crippen molar-refractivity contribution < 1.29 is 0 Å². The number of nitrogens with zero attached hydrogens (tertiary/aromatic N) is 2. The first kappa shape index (κ1) is 10.6. The molecule has 0 spiro atoms. The van der Waals surface area contributed by atoms with E-state index in [9.17, 15) is 0 Å². The lowest BCUT2D eigenvalue weighted by Gasteiger charge is -2.20. The number of rotatable bonds is 3.